The van der Waals surface area contributed by atoms with Crippen LogP contribution in [0.1, 0.15) is 161 Å². The van der Waals surface area contributed by atoms with Crippen molar-refractivity contribution in [3.05, 3.63) is 238 Å². The van der Waals surface area contributed by atoms with Gasteiger partial charge < -0.3 is 24.5 Å². The van der Waals surface area contributed by atoms with Gasteiger partial charge in [-0.2, -0.15) is 0 Å². The number of carbonyl (C=O) groups is 6. The van der Waals surface area contributed by atoms with Crippen LogP contribution in [0.3, 0.4) is 0 Å². The Labute approximate surface area is 567 Å². The maximum absolute atomic E-state index is 12.2. The van der Waals surface area contributed by atoms with E-state index in [1.54, 1.807) is 42.8 Å². The van der Waals surface area contributed by atoms with E-state index in [4.69, 9.17) is 0 Å². The number of nitrogens with zero attached hydrogens (tertiary/aromatic N) is 6. The summed E-state index contributed by atoms with van der Waals surface area (Å²) in [6, 6.07) is 49.4. The maximum Gasteiger partial charge on any atom is 0.254 e. The Bertz CT molecular complexity index is 2860. The molecule has 0 N–H and O–H groups in total. The molecule has 6 amide bonds. The monoisotopic (exact) mass is 1280 g/mol. The van der Waals surface area contributed by atoms with Crippen LogP contribution in [0.5, 0.6) is 0 Å². The first-order valence-corrected chi connectivity index (χ1v) is 34.1. The second-order valence-corrected chi connectivity index (χ2v) is 24.1. The lowest BCUT2D eigenvalue weighted by Gasteiger charge is -2.41. The van der Waals surface area contributed by atoms with E-state index in [2.05, 4.69) is 77.0 Å². The van der Waals surface area contributed by atoms with Crippen LogP contribution in [-0.2, 0) is 41.9 Å². The van der Waals surface area contributed by atoms with E-state index in [1.807, 2.05) is 152 Å². The van der Waals surface area contributed by atoms with Crippen molar-refractivity contribution in [2.75, 3.05) is 44.0 Å². The molecule has 2 fully saturated rings. The topological polar surface area (TPSA) is 122 Å². The molecule has 5 aromatic rings. The third-order valence-electron chi connectivity index (χ3n) is 16.7. The Morgan fingerprint density at radius 1 is 0.436 bits per heavy atom. The van der Waals surface area contributed by atoms with Gasteiger partial charge in [0.05, 0.1) is 0 Å². The predicted molar refractivity (Wildman–Crippen MR) is 395 cm³/mol. The fourth-order valence-corrected chi connectivity index (χ4v) is 11.2. The quantitative estimate of drug-likeness (QED) is 0.0483. The molecule has 508 valence electrons. The summed E-state index contributed by atoms with van der Waals surface area (Å²) in [6.45, 7) is 35.0. The van der Waals surface area contributed by atoms with Crippen LogP contribution in [0.4, 0.5) is 17.1 Å². The molecule has 0 bridgehead atoms. The van der Waals surface area contributed by atoms with Gasteiger partial charge in [-0.15, -0.1) is 0 Å². The van der Waals surface area contributed by atoms with Gasteiger partial charge in [-0.3, -0.25) is 33.7 Å². The molecule has 0 aliphatic heterocycles. The van der Waals surface area contributed by atoms with Crippen molar-refractivity contribution in [1.29, 1.82) is 0 Å². The minimum Gasteiger partial charge on any atom is -0.345 e. The van der Waals surface area contributed by atoms with Crippen LogP contribution in [0.2, 0.25) is 0 Å². The average molecular weight is 1280 g/mol. The van der Waals surface area contributed by atoms with E-state index in [9.17, 15) is 28.8 Å². The van der Waals surface area contributed by atoms with E-state index < -0.39 is 0 Å². The van der Waals surface area contributed by atoms with E-state index in [1.165, 1.54) is 138 Å². The van der Waals surface area contributed by atoms with Gasteiger partial charge in [0.25, 0.3) is 5.91 Å². The average Bonchev–Trinajstić information content (AvgIpc) is 0.933. The number of likely N-dealkylation sites (N-methyl/N-ethyl adjacent to an activating group) is 2. The van der Waals surface area contributed by atoms with Crippen LogP contribution in [-0.4, -0.2) is 101 Å². The zero-order chi connectivity index (χ0) is 69.5. The molecule has 2 saturated carbocycles. The second-order valence-electron chi connectivity index (χ2n) is 24.1. The van der Waals surface area contributed by atoms with Crippen molar-refractivity contribution in [3.63, 3.8) is 0 Å². The van der Waals surface area contributed by atoms with E-state index in [-0.39, 0.29) is 35.4 Å². The fourth-order valence-electron chi connectivity index (χ4n) is 11.2. The minimum atomic E-state index is -0.137. The van der Waals surface area contributed by atoms with Crippen LogP contribution in [0, 0.1) is 11.8 Å². The molecular weight excluding hydrogens is 1160 g/mol. The molecule has 12 heteroatoms. The van der Waals surface area contributed by atoms with Crippen molar-refractivity contribution in [2.45, 2.75) is 175 Å². The normalized spacial score (nSPS) is 12.9. The molecule has 0 radical (unpaired) electrons. The number of hydrogen-bond acceptors (Lipinski definition) is 6. The molecule has 5 aromatic carbocycles. The van der Waals surface area contributed by atoms with Gasteiger partial charge in [-0.25, -0.2) is 0 Å². The van der Waals surface area contributed by atoms with Gasteiger partial charge in [-0.05, 0) is 135 Å². The highest BCUT2D eigenvalue weighted by Gasteiger charge is 2.31. The summed E-state index contributed by atoms with van der Waals surface area (Å²) in [6.07, 6.45) is 29.4. The molecule has 2 atom stereocenters. The zero-order valence-corrected chi connectivity index (χ0v) is 58.6. The minimum absolute atomic E-state index is 0.00926. The molecule has 0 saturated heterocycles. The molecular formula is C82H114N6O6. The highest BCUT2D eigenvalue weighted by atomic mass is 16.2. The summed E-state index contributed by atoms with van der Waals surface area (Å²) in [5.41, 5.74) is 5.37. The number of unbranched alkanes of at least 4 members (excludes halogenated alkanes) is 2. The van der Waals surface area contributed by atoms with Crippen LogP contribution < -0.4 is 9.80 Å². The van der Waals surface area contributed by atoms with Crippen LogP contribution in [0.15, 0.2) is 227 Å². The summed E-state index contributed by atoms with van der Waals surface area (Å²) in [5.74, 6) is 1.26. The van der Waals surface area contributed by atoms with Gasteiger partial charge in [0.15, 0.2) is 0 Å². The number of carbonyl (C=O) groups excluding carboxylic acids is 6. The van der Waals surface area contributed by atoms with Crippen molar-refractivity contribution >= 4 is 52.5 Å². The van der Waals surface area contributed by atoms with Gasteiger partial charge in [0, 0.05) is 82.0 Å². The summed E-state index contributed by atoms with van der Waals surface area (Å²) < 4.78 is 0. The summed E-state index contributed by atoms with van der Waals surface area (Å²) >= 11 is 0. The number of hydrogen-bond donors (Lipinski definition) is 0. The van der Waals surface area contributed by atoms with E-state index in [0.29, 0.717) is 42.6 Å². The Hall–Kier alpha value is -8.64. The van der Waals surface area contributed by atoms with Crippen molar-refractivity contribution in [2.24, 2.45) is 11.8 Å². The van der Waals surface area contributed by atoms with Crippen LogP contribution in [0.25, 0.3) is 0 Å². The molecule has 2 aliphatic rings. The number of benzene rings is 5. The largest absolute Gasteiger partial charge is 0.345 e. The highest BCUT2D eigenvalue weighted by Crippen LogP contribution is 2.31. The molecule has 7 rings (SSSR count). The molecule has 0 spiro atoms. The molecule has 12 nitrogen and oxygen atoms in total. The zero-order valence-electron chi connectivity index (χ0n) is 58.6. The first kappa shape index (κ1) is 81.5. The summed E-state index contributed by atoms with van der Waals surface area (Å²) in [7, 11) is 5.13. The summed E-state index contributed by atoms with van der Waals surface area (Å²) in [4.78, 5) is 80.6. The van der Waals surface area contributed by atoms with E-state index in [0.717, 1.165) is 54.1 Å². The first-order chi connectivity index (χ1) is 45.4. The molecule has 2 aliphatic carbocycles. The summed E-state index contributed by atoms with van der Waals surface area (Å²) in [5, 5.41) is 0. The smallest absolute Gasteiger partial charge is 0.254 e. The molecule has 2 unspecified atom stereocenters. The van der Waals surface area contributed by atoms with Gasteiger partial charge in [-0.1, -0.05) is 259 Å². The van der Waals surface area contributed by atoms with Crippen molar-refractivity contribution in [1.82, 2.24) is 19.6 Å². The SMILES string of the molecule is C=C(C)C(=O)N(C)C.C=CC(=O)N(C)c1ccccc1.C=CC(=O)N(C1CCCCC1)C1CCCCC1.C=CC(=O)N(CC(CC)CCCC)CC(CC)CCCC.C=CC(=O)N(Cc1ccccc1)Cc1ccccc1.C=CC(=O)N(c1ccccc1)c1ccccc1. The standard InChI is InChI=1S/C19H37NO.C17H17NO.C15H25NO.C15H13NO.C10H11NO.C6H11NO/c1-6-11-13-17(8-3)15-20(19(21)10-5)16-18(9-4)14-12-7-2;1-2-17(19)18(13-15-9-5-3-6-10-15)14-16-11-7-4-8-12-16;2*1-2-15(17)16(13-9-5-3-6-10-13)14-11-7-4-8-12-14;1-3-10(12)11(2)9-7-5-4-6-8-9;1-5(2)6(8)7(3)4/h10,17-18H,5-9,11-16H2,1-4H3;2-12H,1,13-14H2;2,13-14H,1,3-12H2;2-12H,1H2;3-8H,1H2,2H3;1H2,2-4H3. The lowest BCUT2D eigenvalue weighted by atomic mass is 9.88. The Kier molecular flexibility index (Phi) is 42.5. The highest BCUT2D eigenvalue weighted by molar-refractivity contribution is 6.06. The third kappa shape index (κ3) is 31.8. The van der Waals surface area contributed by atoms with Crippen LogP contribution >= 0.6 is 0 Å². The number of anilines is 3. The van der Waals surface area contributed by atoms with Gasteiger partial charge in [0.2, 0.25) is 29.5 Å². The van der Waals surface area contributed by atoms with Crippen molar-refractivity contribution < 1.29 is 28.8 Å². The van der Waals surface area contributed by atoms with Gasteiger partial charge >= 0.3 is 0 Å². The number of amides is 6. The van der Waals surface area contributed by atoms with Gasteiger partial charge in [0.1, 0.15) is 0 Å². The Balaban J connectivity index is 0.000000391. The number of para-hydroxylation sites is 3. The molecule has 94 heavy (non-hydrogen) atoms. The Morgan fingerprint density at radius 2 is 0.766 bits per heavy atom. The predicted octanol–water partition coefficient (Wildman–Crippen LogP) is 18.5. The Morgan fingerprint density at radius 3 is 1.06 bits per heavy atom. The molecule has 0 heterocycles. The van der Waals surface area contributed by atoms with Crippen molar-refractivity contribution in [3.8, 4) is 0 Å². The number of rotatable bonds is 27. The fraction of sp³-hybridized carbons (Fsp3) is 0.415. The second kappa shape index (κ2) is 49.0. The molecule has 0 aromatic heterocycles. The van der Waals surface area contributed by atoms with E-state index >= 15 is 0 Å². The maximum atomic E-state index is 12.2. The third-order valence-corrected chi connectivity index (χ3v) is 16.7. The first-order valence-electron chi connectivity index (χ1n) is 34.1. The lowest BCUT2D eigenvalue weighted by molar-refractivity contribution is -0.132. The lowest BCUT2D eigenvalue weighted by Crippen LogP contribution is -2.48.